The third-order valence-corrected chi connectivity index (χ3v) is 2.21. The molecule has 2 rings (SSSR count). The van der Waals surface area contributed by atoms with Gasteiger partial charge in [0.15, 0.2) is 11.5 Å². The van der Waals surface area contributed by atoms with Crippen molar-refractivity contribution in [2.75, 3.05) is 31.9 Å². The Hall–Kier alpha value is -1.63. The highest BCUT2D eigenvalue weighted by molar-refractivity contribution is 5.55. The lowest BCUT2D eigenvalue weighted by Crippen LogP contribution is -2.20. The molecule has 0 fully saturated rings. The van der Waals surface area contributed by atoms with Crippen molar-refractivity contribution in [1.29, 1.82) is 0 Å². The van der Waals surface area contributed by atoms with E-state index in [4.69, 9.17) is 9.47 Å². The van der Waals surface area contributed by atoms with E-state index >= 15 is 0 Å². The number of fused-ring (bicyclic) bond motifs is 1. The Bertz CT molecular complexity index is 409. The number of nitrogens with one attached hydrogen (secondary N) is 1. The molecule has 0 radical (unpaired) electrons. The van der Waals surface area contributed by atoms with Gasteiger partial charge in [-0.05, 0) is 12.1 Å². The van der Waals surface area contributed by atoms with E-state index in [0.29, 0.717) is 11.5 Å². The predicted octanol–water partition coefficient (Wildman–Crippen LogP) is 2.41. The normalized spacial score (nSPS) is 13.7. The molecule has 0 aliphatic carbocycles. The Morgan fingerprint density at radius 1 is 1.22 bits per heavy atom. The van der Waals surface area contributed by atoms with Gasteiger partial charge in [-0.25, -0.2) is 0 Å². The fourth-order valence-electron chi connectivity index (χ4n) is 1.46. The summed E-state index contributed by atoms with van der Waals surface area (Å²) in [6.07, 6.45) is -4.28. The SMILES string of the molecule is FC(F)(F)COCCNc1ccc2c(c1)OCO2. The number of halogens is 3. The van der Waals surface area contributed by atoms with Crippen LogP contribution in [-0.2, 0) is 4.74 Å². The van der Waals surface area contributed by atoms with Gasteiger partial charge in [0.05, 0.1) is 6.61 Å². The topological polar surface area (TPSA) is 39.7 Å². The highest BCUT2D eigenvalue weighted by atomic mass is 19.4. The minimum absolute atomic E-state index is 0.0199. The number of alkyl halides is 3. The number of hydrogen-bond donors (Lipinski definition) is 1. The van der Waals surface area contributed by atoms with Crippen molar-refractivity contribution in [3.63, 3.8) is 0 Å². The second-order valence-corrected chi connectivity index (χ2v) is 3.66. The Morgan fingerprint density at radius 3 is 2.78 bits per heavy atom. The third kappa shape index (κ3) is 3.69. The highest BCUT2D eigenvalue weighted by Gasteiger charge is 2.27. The summed E-state index contributed by atoms with van der Waals surface area (Å²) in [5.41, 5.74) is 0.745. The standard InChI is InChI=1S/C11H12F3NO3/c12-11(13,14)6-16-4-3-15-8-1-2-9-10(5-8)18-7-17-9/h1-2,5,15H,3-4,6-7H2. The van der Waals surface area contributed by atoms with Gasteiger partial charge >= 0.3 is 6.18 Å². The minimum atomic E-state index is -4.28. The number of benzene rings is 1. The van der Waals surface area contributed by atoms with Crippen LogP contribution in [-0.4, -0.2) is 32.7 Å². The van der Waals surface area contributed by atoms with Gasteiger partial charge in [-0.15, -0.1) is 0 Å². The maximum absolute atomic E-state index is 11.8. The predicted molar refractivity (Wildman–Crippen MR) is 57.9 cm³/mol. The van der Waals surface area contributed by atoms with E-state index in [2.05, 4.69) is 10.1 Å². The summed E-state index contributed by atoms with van der Waals surface area (Å²) in [7, 11) is 0. The summed E-state index contributed by atoms with van der Waals surface area (Å²) in [5.74, 6) is 1.28. The zero-order valence-corrected chi connectivity index (χ0v) is 9.42. The second kappa shape index (κ2) is 5.34. The monoisotopic (exact) mass is 263 g/mol. The Kier molecular flexibility index (Phi) is 3.81. The van der Waals surface area contributed by atoms with Gasteiger partial charge < -0.3 is 19.5 Å². The largest absolute Gasteiger partial charge is 0.454 e. The van der Waals surface area contributed by atoms with Crippen LogP contribution in [0.15, 0.2) is 18.2 Å². The molecule has 0 saturated heterocycles. The van der Waals surface area contributed by atoms with Crippen LogP contribution >= 0.6 is 0 Å². The summed E-state index contributed by atoms with van der Waals surface area (Å²) in [6, 6.07) is 5.23. The van der Waals surface area contributed by atoms with Crippen molar-refractivity contribution < 1.29 is 27.4 Å². The Morgan fingerprint density at radius 2 is 2.00 bits per heavy atom. The van der Waals surface area contributed by atoms with E-state index in [1.165, 1.54) is 0 Å². The molecule has 1 aliphatic heterocycles. The van der Waals surface area contributed by atoms with Gasteiger partial charge in [0, 0.05) is 18.3 Å². The Labute approximate surface area is 102 Å². The molecule has 100 valence electrons. The lowest BCUT2D eigenvalue weighted by Gasteiger charge is -2.09. The van der Waals surface area contributed by atoms with Crippen molar-refractivity contribution in [3.8, 4) is 11.5 Å². The van der Waals surface area contributed by atoms with Gasteiger partial charge in [0.2, 0.25) is 6.79 Å². The van der Waals surface area contributed by atoms with E-state index in [0.717, 1.165) is 5.69 Å². The summed E-state index contributed by atoms with van der Waals surface area (Å²) >= 11 is 0. The maximum Gasteiger partial charge on any atom is 0.411 e. The van der Waals surface area contributed by atoms with Crippen molar-refractivity contribution in [2.24, 2.45) is 0 Å². The third-order valence-electron chi connectivity index (χ3n) is 2.21. The molecule has 1 heterocycles. The lowest BCUT2D eigenvalue weighted by atomic mass is 10.3. The van der Waals surface area contributed by atoms with Crippen LogP contribution in [0.25, 0.3) is 0 Å². The first kappa shape index (κ1) is 12.8. The van der Waals surface area contributed by atoms with E-state index in [1.807, 2.05) is 0 Å². The zero-order valence-electron chi connectivity index (χ0n) is 9.42. The number of ether oxygens (including phenoxy) is 3. The van der Waals surface area contributed by atoms with Crippen LogP contribution in [0.4, 0.5) is 18.9 Å². The fraction of sp³-hybridized carbons (Fsp3) is 0.455. The molecule has 0 unspecified atom stereocenters. The molecule has 0 atom stereocenters. The zero-order chi connectivity index (χ0) is 13.0. The second-order valence-electron chi connectivity index (χ2n) is 3.66. The van der Waals surface area contributed by atoms with Crippen LogP contribution in [0.5, 0.6) is 11.5 Å². The van der Waals surface area contributed by atoms with E-state index in [9.17, 15) is 13.2 Å². The molecule has 7 heteroatoms. The molecule has 0 saturated carbocycles. The maximum atomic E-state index is 11.8. The summed E-state index contributed by atoms with van der Waals surface area (Å²) < 4.78 is 50.1. The summed E-state index contributed by atoms with van der Waals surface area (Å²) in [5, 5.41) is 2.93. The molecule has 4 nitrogen and oxygen atoms in total. The van der Waals surface area contributed by atoms with Crippen molar-refractivity contribution >= 4 is 5.69 Å². The molecule has 0 spiro atoms. The molecule has 0 bridgehead atoms. The first-order chi connectivity index (χ1) is 8.54. The quantitative estimate of drug-likeness (QED) is 0.828. The molecule has 1 aromatic carbocycles. The van der Waals surface area contributed by atoms with Crippen LogP contribution in [0.3, 0.4) is 0 Å². The van der Waals surface area contributed by atoms with Crippen molar-refractivity contribution in [2.45, 2.75) is 6.18 Å². The van der Waals surface area contributed by atoms with Gasteiger partial charge in [-0.1, -0.05) is 0 Å². The lowest BCUT2D eigenvalue weighted by molar-refractivity contribution is -0.172. The number of rotatable bonds is 5. The molecule has 18 heavy (non-hydrogen) atoms. The molecular formula is C11H12F3NO3. The van der Waals surface area contributed by atoms with Gasteiger partial charge in [-0.3, -0.25) is 0 Å². The van der Waals surface area contributed by atoms with Crippen LogP contribution in [0, 0.1) is 0 Å². The molecule has 1 aromatic rings. The van der Waals surface area contributed by atoms with E-state index in [1.54, 1.807) is 18.2 Å². The molecule has 0 amide bonds. The Balaban J connectivity index is 1.71. The molecule has 0 aromatic heterocycles. The smallest absolute Gasteiger partial charge is 0.411 e. The van der Waals surface area contributed by atoms with Gasteiger partial charge in [0.1, 0.15) is 6.61 Å². The summed E-state index contributed by atoms with van der Waals surface area (Å²) in [4.78, 5) is 0. The molecule has 1 aliphatic rings. The first-order valence-electron chi connectivity index (χ1n) is 5.33. The summed E-state index contributed by atoms with van der Waals surface area (Å²) in [6.45, 7) is -0.771. The minimum Gasteiger partial charge on any atom is -0.454 e. The van der Waals surface area contributed by atoms with Crippen molar-refractivity contribution in [1.82, 2.24) is 0 Å². The van der Waals surface area contributed by atoms with Crippen LogP contribution in [0.2, 0.25) is 0 Å². The van der Waals surface area contributed by atoms with E-state index < -0.39 is 12.8 Å². The van der Waals surface area contributed by atoms with Gasteiger partial charge in [0.25, 0.3) is 0 Å². The van der Waals surface area contributed by atoms with Crippen LogP contribution in [0.1, 0.15) is 0 Å². The van der Waals surface area contributed by atoms with Crippen LogP contribution < -0.4 is 14.8 Å². The first-order valence-corrected chi connectivity index (χ1v) is 5.33. The number of anilines is 1. The van der Waals surface area contributed by atoms with Crippen molar-refractivity contribution in [3.05, 3.63) is 18.2 Å². The average molecular weight is 263 g/mol. The van der Waals surface area contributed by atoms with E-state index in [-0.39, 0.29) is 19.9 Å². The average Bonchev–Trinajstić information content (AvgIpc) is 2.74. The van der Waals surface area contributed by atoms with Gasteiger partial charge in [-0.2, -0.15) is 13.2 Å². The molecule has 1 N–H and O–H groups in total. The highest BCUT2D eigenvalue weighted by Crippen LogP contribution is 2.34. The molecular weight excluding hydrogens is 251 g/mol. The number of hydrogen-bond acceptors (Lipinski definition) is 4. The fourth-order valence-corrected chi connectivity index (χ4v) is 1.46.